The monoisotopic (exact) mass is 341 g/mol. The number of rotatable bonds is 5. The average molecular weight is 341 g/mol. The van der Waals surface area contributed by atoms with E-state index in [1.807, 2.05) is 6.92 Å². The lowest BCUT2D eigenvalue weighted by Crippen LogP contribution is -2.18. The summed E-state index contributed by atoms with van der Waals surface area (Å²) in [5.41, 5.74) is 6.19. The molecule has 0 bridgehead atoms. The topological polar surface area (TPSA) is 75.9 Å². The van der Waals surface area contributed by atoms with Gasteiger partial charge in [0.2, 0.25) is 0 Å². The molecular formula is C19H23N3O3. The van der Waals surface area contributed by atoms with Gasteiger partial charge in [0.15, 0.2) is 0 Å². The van der Waals surface area contributed by atoms with Gasteiger partial charge in [0.05, 0.1) is 12.3 Å². The summed E-state index contributed by atoms with van der Waals surface area (Å²) in [5, 5.41) is 13.3. The van der Waals surface area contributed by atoms with Crippen molar-refractivity contribution in [1.29, 1.82) is 0 Å². The summed E-state index contributed by atoms with van der Waals surface area (Å²) in [6.07, 6.45) is 4.17. The zero-order valence-electron chi connectivity index (χ0n) is 14.5. The van der Waals surface area contributed by atoms with Crippen LogP contribution in [0.1, 0.15) is 40.2 Å². The lowest BCUT2D eigenvalue weighted by atomic mass is 10.2. The molecule has 1 aromatic carbocycles. The molecule has 0 radical (unpaired) electrons. The van der Waals surface area contributed by atoms with E-state index in [-0.39, 0.29) is 17.8 Å². The van der Waals surface area contributed by atoms with Gasteiger partial charge in [0, 0.05) is 35.7 Å². The minimum Gasteiger partial charge on any atom is -0.508 e. The first-order chi connectivity index (χ1) is 12.0. The zero-order valence-corrected chi connectivity index (χ0v) is 14.5. The van der Waals surface area contributed by atoms with E-state index in [9.17, 15) is 9.90 Å². The molecule has 1 aliphatic heterocycles. The molecule has 2 heterocycles. The van der Waals surface area contributed by atoms with Crippen molar-refractivity contribution < 1.29 is 14.6 Å². The van der Waals surface area contributed by atoms with Crippen molar-refractivity contribution in [3.63, 3.8) is 0 Å². The number of nitrogens with one attached hydrogen (secondary N) is 1. The molecule has 1 aromatic heterocycles. The fraction of sp³-hybridized carbons (Fsp3) is 0.368. The van der Waals surface area contributed by atoms with E-state index in [0.29, 0.717) is 5.56 Å². The number of aromatic nitrogens is 1. The molecule has 1 aliphatic rings. The van der Waals surface area contributed by atoms with Gasteiger partial charge in [-0.3, -0.25) is 4.79 Å². The van der Waals surface area contributed by atoms with E-state index in [2.05, 4.69) is 28.1 Å². The Bertz CT molecular complexity index is 772. The van der Waals surface area contributed by atoms with Gasteiger partial charge in [0.1, 0.15) is 5.75 Å². The Morgan fingerprint density at radius 2 is 2.16 bits per heavy atom. The van der Waals surface area contributed by atoms with Crippen LogP contribution in [0, 0.1) is 13.8 Å². The van der Waals surface area contributed by atoms with Gasteiger partial charge < -0.3 is 14.4 Å². The van der Waals surface area contributed by atoms with Gasteiger partial charge in [0.25, 0.3) is 5.91 Å². The Balaban J connectivity index is 1.65. The maximum atomic E-state index is 12.0. The van der Waals surface area contributed by atoms with E-state index in [4.69, 9.17) is 4.74 Å². The van der Waals surface area contributed by atoms with Crippen molar-refractivity contribution >= 4 is 12.1 Å². The van der Waals surface area contributed by atoms with Crippen LogP contribution in [0.15, 0.2) is 35.4 Å². The van der Waals surface area contributed by atoms with E-state index in [1.165, 1.54) is 12.1 Å². The Kier molecular flexibility index (Phi) is 5.19. The van der Waals surface area contributed by atoms with Gasteiger partial charge in [-0.15, -0.1) is 0 Å². The third-order valence-electron chi connectivity index (χ3n) is 4.52. The molecule has 0 saturated carbocycles. The SMILES string of the molecule is Cc1cc(/C=N\NC(=O)c2ccc(O)cc2)c(C)n1C[C@H]1CCCO1. The summed E-state index contributed by atoms with van der Waals surface area (Å²) in [5.74, 6) is -0.192. The van der Waals surface area contributed by atoms with Crippen molar-refractivity contribution in [2.24, 2.45) is 5.10 Å². The molecule has 0 spiro atoms. The highest BCUT2D eigenvalue weighted by Crippen LogP contribution is 2.19. The number of aromatic hydroxyl groups is 1. The quantitative estimate of drug-likeness (QED) is 0.648. The number of benzene rings is 1. The second kappa shape index (κ2) is 7.53. The van der Waals surface area contributed by atoms with Gasteiger partial charge in [-0.05, 0) is 57.0 Å². The number of phenolic OH excluding ortho intramolecular Hbond substituents is 1. The summed E-state index contributed by atoms with van der Waals surface area (Å²) in [6, 6.07) is 8.09. The smallest absolute Gasteiger partial charge is 0.271 e. The first-order valence-corrected chi connectivity index (χ1v) is 8.45. The number of nitrogens with zero attached hydrogens (tertiary/aromatic N) is 2. The summed E-state index contributed by atoms with van der Waals surface area (Å²) in [7, 11) is 0. The zero-order chi connectivity index (χ0) is 17.8. The second-order valence-electron chi connectivity index (χ2n) is 6.32. The van der Waals surface area contributed by atoms with Crippen LogP contribution in [0.25, 0.3) is 0 Å². The third kappa shape index (κ3) is 4.09. The van der Waals surface area contributed by atoms with Gasteiger partial charge in [-0.2, -0.15) is 5.10 Å². The van der Waals surface area contributed by atoms with Crippen LogP contribution in [-0.2, 0) is 11.3 Å². The van der Waals surface area contributed by atoms with Gasteiger partial charge in [-0.1, -0.05) is 0 Å². The van der Waals surface area contributed by atoms with Crippen molar-refractivity contribution in [2.45, 2.75) is 39.3 Å². The van der Waals surface area contributed by atoms with E-state index in [0.717, 1.165) is 42.9 Å². The van der Waals surface area contributed by atoms with Gasteiger partial charge >= 0.3 is 0 Å². The summed E-state index contributed by atoms with van der Waals surface area (Å²) in [4.78, 5) is 12.0. The Morgan fingerprint density at radius 3 is 2.84 bits per heavy atom. The van der Waals surface area contributed by atoms with Crippen LogP contribution < -0.4 is 5.43 Å². The van der Waals surface area contributed by atoms with Crippen molar-refractivity contribution in [3.05, 3.63) is 52.8 Å². The molecule has 0 unspecified atom stereocenters. The number of amides is 1. The Labute approximate surface area is 147 Å². The molecule has 132 valence electrons. The first-order valence-electron chi connectivity index (χ1n) is 8.45. The van der Waals surface area contributed by atoms with Crippen molar-refractivity contribution in [2.75, 3.05) is 6.61 Å². The van der Waals surface area contributed by atoms with E-state index >= 15 is 0 Å². The maximum Gasteiger partial charge on any atom is 0.271 e. The van der Waals surface area contributed by atoms with E-state index < -0.39 is 0 Å². The average Bonchev–Trinajstić information content (AvgIpc) is 3.20. The molecule has 3 rings (SSSR count). The summed E-state index contributed by atoms with van der Waals surface area (Å²) < 4.78 is 7.95. The molecular weight excluding hydrogens is 318 g/mol. The standard InChI is InChI=1S/C19H23N3O3/c1-13-10-16(14(2)22(13)12-18-4-3-9-25-18)11-20-21-19(24)15-5-7-17(23)8-6-15/h5-8,10-11,18,23H,3-4,9,12H2,1-2H3,(H,21,24)/b20-11-/t18-/m1/s1. The van der Waals surface area contributed by atoms with Gasteiger partial charge in [-0.25, -0.2) is 5.43 Å². The van der Waals surface area contributed by atoms with Crippen LogP contribution in [0.4, 0.5) is 0 Å². The largest absolute Gasteiger partial charge is 0.508 e. The minimum absolute atomic E-state index is 0.124. The fourth-order valence-corrected chi connectivity index (χ4v) is 3.07. The molecule has 1 saturated heterocycles. The predicted molar refractivity (Wildman–Crippen MR) is 96.0 cm³/mol. The number of aryl methyl sites for hydroxylation is 1. The Hall–Kier alpha value is -2.60. The van der Waals surface area contributed by atoms with E-state index in [1.54, 1.807) is 18.3 Å². The highest BCUT2D eigenvalue weighted by atomic mass is 16.5. The molecule has 6 heteroatoms. The molecule has 1 atom stereocenters. The number of carbonyl (C=O) groups is 1. The molecule has 1 amide bonds. The predicted octanol–water partition coefficient (Wildman–Crippen LogP) is 2.75. The van der Waals surface area contributed by atoms with Crippen molar-refractivity contribution in [1.82, 2.24) is 9.99 Å². The van der Waals surface area contributed by atoms with Crippen LogP contribution in [0.3, 0.4) is 0 Å². The molecule has 2 aromatic rings. The number of phenols is 1. The van der Waals surface area contributed by atoms with Crippen LogP contribution in [0.5, 0.6) is 5.75 Å². The number of hydrogen-bond acceptors (Lipinski definition) is 4. The molecule has 6 nitrogen and oxygen atoms in total. The number of carbonyl (C=O) groups excluding carboxylic acids is 1. The number of hydrazone groups is 1. The lowest BCUT2D eigenvalue weighted by molar-refractivity contribution is 0.0954. The van der Waals surface area contributed by atoms with Crippen LogP contribution in [-0.4, -0.2) is 34.5 Å². The maximum absolute atomic E-state index is 12.0. The fourth-order valence-electron chi connectivity index (χ4n) is 3.07. The Morgan fingerprint density at radius 1 is 1.40 bits per heavy atom. The molecule has 1 fully saturated rings. The summed E-state index contributed by atoms with van der Waals surface area (Å²) >= 11 is 0. The minimum atomic E-state index is -0.315. The molecule has 25 heavy (non-hydrogen) atoms. The molecule has 0 aliphatic carbocycles. The lowest BCUT2D eigenvalue weighted by Gasteiger charge is -2.14. The highest BCUT2D eigenvalue weighted by molar-refractivity contribution is 5.95. The van der Waals surface area contributed by atoms with Crippen LogP contribution in [0.2, 0.25) is 0 Å². The summed E-state index contributed by atoms with van der Waals surface area (Å²) in [6.45, 7) is 5.81. The number of hydrogen-bond donors (Lipinski definition) is 2. The third-order valence-corrected chi connectivity index (χ3v) is 4.52. The number of ether oxygens (including phenoxy) is 1. The molecule has 2 N–H and O–H groups in total. The second-order valence-corrected chi connectivity index (χ2v) is 6.32. The first kappa shape index (κ1) is 17.2. The highest BCUT2D eigenvalue weighted by Gasteiger charge is 2.18. The van der Waals surface area contributed by atoms with Crippen molar-refractivity contribution in [3.8, 4) is 5.75 Å². The van der Waals surface area contributed by atoms with Crippen LogP contribution >= 0.6 is 0 Å². The normalized spacial score (nSPS) is 17.3.